The molecule has 1 aromatic heterocycles. The molecular weight excluding hydrogens is 276 g/mol. The number of nitrogens with one attached hydrogen (secondary N) is 1. The molecule has 2 aliphatic rings. The maximum atomic E-state index is 3.89. The predicted molar refractivity (Wildman–Crippen MR) is 91.9 cm³/mol. The summed E-state index contributed by atoms with van der Waals surface area (Å²) in [5, 5.41) is 6.13. The normalized spacial score (nSPS) is 32.2. The van der Waals surface area contributed by atoms with Gasteiger partial charge in [0.1, 0.15) is 0 Å². The van der Waals surface area contributed by atoms with E-state index in [4.69, 9.17) is 0 Å². The fourth-order valence-corrected chi connectivity index (χ4v) is 4.88. The number of nitrogens with zero attached hydrogens (tertiary/aromatic N) is 1. The molecule has 2 nitrogen and oxygen atoms in total. The van der Waals surface area contributed by atoms with Crippen LogP contribution in [0.2, 0.25) is 0 Å². The van der Waals surface area contributed by atoms with Crippen molar-refractivity contribution in [2.45, 2.75) is 70.5 Å². The Bertz CT molecular complexity index is 440. The van der Waals surface area contributed by atoms with Gasteiger partial charge in [-0.25, -0.2) is 0 Å². The molecule has 1 N–H and O–H groups in total. The highest BCUT2D eigenvalue weighted by Gasteiger charge is 2.47. The van der Waals surface area contributed by atoms with Crippen molar-refractivity contribution >= 4 is 11.3 Å². The van der Waals surface area contributed by atoms with E-state index in [-0.39, 0.29) is 0 Å². The number of thiophene rings is 1. The van der Waals surface area contributed by atoms with Crippen LogP contribution in [0.25, 0.3) is 0 Å². The quantitative estimate of drug-likeness (QED) is 0.835. The molecule has 118 valence electrons. The van der Waals surface area contributed by atoms with Crippen molar-refractivity contribution in [2.75, 3.05) is 13.1 Å². The van der Waals surface area contributed by atoms with Gasteiger partial charge in [0, 0.05) is 35.6 Å². The zero-order valence-corrected chi connectivity index (χ0v) is 14.6. The van der Waals surface area contributed by atoms with Crippen LogP contribution in [0.3, 0.4) is 0 Å². The minimum atomic E-state index is 0.342. The first kappa shape index (κ1) is 15.5. The maximum absolute atomic E-state index is 3.89. The lowest BCUT2D eigenvalue weighted by Gasteiger charge is -2.49. The van der Waals surface area contributed by atoms with Crippen LogP contribution in [-0.2, 0) is 0 Å². The Labute approximate surface area is 133 Å². The van der Waals surface area contributed by atoms with E-state index in [0.717, 1.165) is 12.5 Å². The van der Waals surface area contributed by atoms with Gasteiger partial charge in [-0.2, -0.15) is 0 Å². The van der Waals surface area contributed by atoms with Gasteiger partial charge in [0.15, 0.2) is 0 Å². The van der Waals surface area contributed by atoms with Crippen LogP contribution in [0, 0.1) is 5.92 Å². The Hall–Kier alpha value is -0.380. The molecule has 3 unspecified atom stereocenters. The standard InChI is InChI=1S/C18H30N2S/c1-4-7-16(17-8-6-11-21-17)20-13-18(3,14-9-10-14)19-12-15(20)5-2/h6,8,11,14-16,19H,4-5,7,9-10,12-13H2,1-3H3. The van der Waals surface area contributed by atoms with Crippen LogP contribution >= 0.6 is 11.3 Å². The first-order valence-corrected chi connectivity index (χ1v) is 9.60. The van der Waals surface area contributed by atoms with E-state index in [1.54, 1.807) is 4.88 Å². The number of hydrogen-bond acceptors (Lipinski definition) is 3. The van der Waals surface area contributed by atoms with Crippen molar-refractivity contribution < 1.29 is 0 Å². The summed E-state index contributed by atoms with van der Waals surface area (Å²) in [6.45, 7) is 9.51. The van der Waals surface area contributed by atoms with Crippen LogP contribution in [-0.4, -0.2) is 29.6 Å². The van der Waals surface area contributed by atoms with Crippen LogP contribution in [0.4, 0.5) is 0 Å². The van der Waals surface area contributed by atoms with Crippen LogP contribution in [0.15, 0.2) is 17.5 Å². The summed E-state index contributed by atoms with van der Waals surface area (Å²) in [6, 6.07) is 5.87. The van der Waals surface area contributed by atoms with Gasteiger partial charge < -0.3 is 5.32 Å². The van der Waals surface area contributed by atoms with E-state index in [9.17, 15) is 0 Å². The SMILES string of the molecule is CCCC(c1cccs1)N1CC(C)(C2CC2)NCC1CC. The van der Waals surface area contributed by atoms with E-state index in [1.165, 1.54) is 38.6 Å². The van der Waals surface area contributed by atoms with Gasteiger partial charge in [0.05, 0.1) is 0 Å². The highest BCUT2D eigenvalue weighted by Crippen LogP contribution is 2.44. The first-order chi connectivity index (χ1) is 10.2. The summed E-state index contributed by atoms with van der Waals surface area (Å²) in [4.78, 5) is 4.40. The highest BCUT2D eigenvalue weighted by atomic mass is 32.1. The fourth-order valence-electron chi connectivity index (χ4n) is 4.00. The molecule has 1 aliphatic carbocycles. The zero-order chi connectivity index (χ0) is 14.9. The maximum Gasteiger partial charge on any atom is 0.0445 e. The molecule has 3 atom stereocenters. The predicted octanol–water partition coefficient (Wildman–Crippen LogP) is 4.44. The van der Waals surface area contributed by atoms with Gasteiger partial charge in [-0.05, 0) is 50.0 Å². The lowest BCUT2D eigenvalue weighted by Crippen LogP contribution is -2.64. The zero-order valence-electron chi connectivity index (χ0n) is 13.8. The summed E-state index contributed by atoms with van der Waals surface area (Å²) in [5.41, 5.74) is 0.342. The lowest BCUT2D eigenvalue weighted by atomic mass is 9.88. The summed E-state index contributed by atoms with van der Waals surface area (Å²) in [6.07, 6.45) is 6.65. The molecule has 1 saturated carbocycles. The number of rotatable bonds is 6. The van der Waals surface area contributed by atoms with E-state index in [1.807, 2.05) is 11.3 Å². The third-order valence-corrected chi connectivity index (χ3v) is 6.48. The molecule has 0 aromatic carbocycles. The Morgan fingerprint density at radius 1 is 1.43 bits per heavy atom. The summed E-state index contributed by atoms with van der Waals surface area (Å²) in [5.74, 6) is 0.906. The molecule has 0 spiro atoms. The molecule has 1 aromatic rings. The average Bonchev–Trinajstić information content (AvgIpc) is 3.22. The van der Waals surface area contributed by atoms with E-state index < -0.39 is 0 Å². The van der Waals surface area contributed by atoms with Gasteiger partial charge >= 0.3 is 0 Å². The van der Waals surface area contributed by atoms with Crippen LogP contribution < -0.4 is 5.32 Å². The Balaban J connectivity index is 1.83. The molecule has 1 saturated heterocycles. The van der Waals surface area contributed by atoms with Gasteiger partial charge in [-0.1, -0.05) is 26.3 Å². The van der Waals surface area contributed by atoms with Crippen molar-refractivity contribution in [1.82, 2.24) is 10.2 Å². The van der Waals surface area contributed by atoms with Crippen molar-refractivity contribution in [3.05, 3.63) is 22.4 Å². The van der Waals surface area contributed by atoms with Gasteiger partial charge in [0.25, 0.3) is 0 Å². The fraction of sp³-hybridized carbons (Fsp3) is 0.778. The molecule has 0 amide bonds. The van der Waals surface area contributed by atoms with E-state index in [2.05, 4.69) is 48.5 Å². The third kappa shape index (κ3) is 3.20. The Morgan fingerprint density at radius 2 is 2.24 bits per heavy atom. The largest absolute Gasteiger partial charge is 0.308 e. The van der Waals surface area contributed by atoms with Crippen molar-refractivity contribution in [2.24, 2.45) is 5.92 Å². The van der Waals surface area contributed by atoms with Gasteiger partial charge in [-0.3, -0.25) is 4.90 Å². The topological polar surface area (TPSA) is 15.3 Å². The van der Waals surface area contributed by atoms with E-state index >= 15 is 0 Å². The molecule has 0 radical (unpaired) electrons. The summed E-state index contributed by atoms with van der Waals surface area (Å²) < 4.78 is 0. The first-order valence-electron chi connectivity index (χ1n) is 8.72. The molecule has 21 heavy (non-hydrogen) atoms. The third-order valence-electron chi connectivity index (χ3n) is 5.51. The monoisotopic (exact) mass is 306 g/mol. The van der Waals surface area contributed by atoms with Crippen molar-refractivity contribution in [1.29, 1.82) is 0 Å². The Kier molecular flexibility index (Phi) is 4.72. The van der Waals surface area contributed by atoms with Gasteiger partial charge in [-0.15, -0.1) is 11.3 Å². The van der Waals surface area contributed by atoms with Gasteiger partial charge in [0.2, 0.25) is 0 Å². The van der Waals surface area contributed by atoms with Crippen LogP contribution in [0.1, 0.15) is 63.8 Å². The summed E-state index contributed by atoms with van der Waals surface area (Å²) >= 11 is 1.94. The number of hydrogen-bond donors (Lipinski definition) is 1. The second-order valence-corrected chi connectivity index (χ2v) is 8.11. The molecule has 2 heterocycles. The molecule has 3 heteroatoms. The molecule has 0 bridgehead atoms. The lowest BCUT2D eigenvalue weighted by molar-refractivity contribution is 0.0334. The minimum Gasteiger partial charge on any atom is -0.308 e. The van der Waals surface area contributed by atoms with E-state index in [0.29, 0.717) is 17.6 Å². The molecular formula is C18H30N2S. The van der Waals surface area contributed by atoms with Crippen molar-refractivity contribution in [3.63, 3.8) is 0 Å². The number of piperazine rings is 1. The average molecular weight is 307 g/mol. The second kappa shape index (κ2) is 6.39. The van der Waals surface area contributed by atoms with Crippen molar-refractivity contribution in [3.8, 4) is 0 Å². The second-order valence-electron chi connectivity index (χ2n) is 7.13. The molecule has 1 aliphatic heterocycles. The Morgan fingerprint density at radius 3 is 2.81 bits per heavy atom. The minimum absolute atomic E-state index is 0.342. The smallest absolute Gasteiger partial charge is 0.0445 e. The molecule has 2 fully saturated rings. The van der Waals surface area contributed by atoms with Crippen LogP contribution in [0.5, 0.6) is 0 Å². The highest BCUT2D eigenvalue weighted by molar-refractivity contribution is 7.10. The molecule has 3 rings (SSSR count). The summed E-state index contributed by atoms with van der Waals surface area (Å²) in [7, 11) is 0.